The van der Waals surface area contributed by atoms with E-state index in [1.54, 1.807) is 0 Å². The van der Waals surface area contributed by atoms with Crippen LogP contribution >= 0.6 is 0 Å². The number of nitrogens with one attached hydrogen (secondary N) is 1. The molecule has 0 fully saturated rings. The highest BCUT2D eigenvalue weighted by atomic mass is 16.5. The normalized spacial score (nSPS) is 12.5. The van der Waals surface area contributed by atoms with Gasteiger partial charge in [0.15, 0.2) is 0 Å². The number of esters is 1. The van der Waals surface area contributed by atoms with Crippen molar-refractivity contribution in [1.82, 2.24) is 5.32 Å². The molecular formula is C82H159NO5. The summed E-state index contributed by atoms with van der Waals surface area (Å²) in [5, 5.41) is 23.4. The molecule has 0 aliphatic rings. The monoisotopic (exact) mass is 1240 g/mol. The second-order valence-corrected chi connectivity index (χ2v) is 28.1. The van der Waals surface area contributed by atoms with Gasteiger partial charge in [-0.1, -0.05) is 417 Å². The van der Waals surface area contributed by atoms with Crippen LogP contribution in [0.1, 0.15) is 463 Å². The van der Waals surface area contributed by atoms with E-state index < -0.39 is 12.1 Å². The number of carbonyl (C=O) groups is 2. The summed E-state index contributed by atoms with van der Waals surface area (Å²) >= 11 is 0. The maximum absolute atomic E-state index is 12.6. The Morgan fingerprint density at radius 2 is 0.568 bits per heavy atom. The summed E-state index contributed by atoms with van der Waals surface area (Å²) in [6.45, 7) is 4.98. The van der Waals surface area contributed by atoms with E-state index in [9.17, 15) is 19.8 Å². The highest BCUT2D eigenvalue weighted by molar-refractivity contribution is 5.76. The average Bonchev–Trinajstić information content (AvgIpc) is 3.58. The molecule has 0 rings (SSSR count). The summed E-state index contributed by atoms with van der Waals surface area (Å²) in [5.41, 5.74) is 0. The molecule has 522 valence electrons. The van der Waals surface area contributed by atoms with Gasteiger partial charge in [0, 0.05) is 12.8 Å². The smallest absolute Gasteiger partial charge is 0.305 e. The van der Waals surface area contributed by atoms with Crippen molar-refractivity contribution in [1.29, 1.82) is 0 Å². The lowest BCUT2D eigenvalue weighted by molar-refractivity contribution is -0.143. The average molecular weight is 1240 g/mol. The third-order valence-electron chi connectivity index (χ3n) is 19.3. The molecule has 0 aliphatic heterocycles. The van der Waals surface area contributed by atoms with Crippen molar-refractivity contribution in [3.05, 3.63) is 24.3 Å². The number of aliphatic hydroxyl groups excluding tert-OH is 2. The summed E-state index contributed by atoms with van der Waals surface area (Å²) in [7, 11) is 0. The Kier molecular flexibility index (Phi) is 76.3. The highest BCUT2D eigenvalue weighted by Gasteiger charge is 2.20. The van der Waals surface area contributed by atoms with Gasteiger partial charge in [0.1, 0.15) is 0 Å². The van der Waals surface area contributed by atoms with E-state index in [-0.39, 0.29) is 18.5 Å². The molecule has 3 N–H and O–H groups in total. The van der Waals surface area contributed by atoms with Gasteiger partial charge in [-0.3, -0.25) is 9.59 Å². The van der Waals surface area contributed by atoms with Crippen LogP contribution in [-0.2, 0) is 14.3 Å². The number of amides is 1. The molecule has 0 spiro atoms. The maximum atomic E-state index is 12.6. The van der Waals surface area contributed by atoms with Crippen LogP contribution in [0.15, 0.2) is 24.3 Å². The van der Waals surface area contributed by atoms with Crippen LogP contribution in [0.3, 0.4) is 0 Å². The van der Waals surface area contributed by atoms with Crippen molar-refractivity contribution in [2.45, 2.75) is 475 Å². The number of carbonyl (C=O) groups excluding carboxylic acids is 2. The molecule has 6 heteroatoms. The van der Waals surface area contributed by atoms with Crippen LogP contribution in [0.4, 0.5) is 0 Å². The first-order valence-corrected chi connectivity index (χ1v) is 40.6. The van der Waals surface area contributed by atoms with Crippen LogP contribution in [0, 0.1) is 0 Å². The Bertz CT molecular complexity index is 1380. The zero-order valence-corrected chi connectivity index (χ0v) is 60.0. The first-order chi connectivity index (χ1) is 43.5. The lowest BCUT2D eigenvalue weighted by Gasteiger charge is -2.22. The first-order valence-electron chi connectivity index (χ1n) is 40.6. The second-order valence-electron chi connectivity index (χ2n) is 28.1. The molecule has 0 aliphatic carbocycles. The molecule has 0 aromatic heterocycles. The largest absolute Gasteiger partial charge is 0.466 e. The zero-order valence-electron chi connectivity index (χ0n) is 60.0. The fourth-order valence-corrected chi connectivity index (χ4v) is 13.1. The number of rotatable bonds is 77. The topological polar surface area (TPSA) is 95.9 Å². The number of hydrogen-bond donors (Lipinski definition) is 3. The van der Waals surface area contributed by atoms with Crippen LogP contribution in [0.25, 0.3) is 0 Å². The number of ether oxygens (including phenoxy) is 1. The van der Waals surface area contributed by atoms with Gasteiger partial charge in [0.2, 0.25) is 5.91 Å². The van der Waals surface area contributed by atoms with Gasteiger partial charge in [-0.25, -0.2) is 0 Å². The highest BCUT2D eigenvalue weighted by Crippen LogP contribution is 2.20. The van der Waals surface area contributed by atoms with E-state index in [0.717, 1.165) is 51.4 Å². The fourth-order valence-electron chi connectivity index (χ4n) is 13.1. The minimum Gasteiger partial charge on any atom is -0.466 e. The standard InChI is InChI=1S/C82H159NO5/c1-3-5-7-9-11-13-15-17-19-21-39-43-46-50-54-58-62-66-70-74-80(85)79(78-84)83-81(86)75-71-67-63-59-55-51-47-44-40-37-35-33-31-29-27-25-23-22-24-26-28-30-32-34-36-38-41-45-49-53-57-61-65-69-73-77-88-82(87)76-72-68-64-60-56-52-48-42-20-18-16-14-12-10-8-6-4-2/h12,14,18,20,79-80,84-85H,3-11,13,15-17,19,21-78H2,1-2H3,(H,83,86)/b14-12-,20-18-. The Balaban J connectivity index is 3.31. The number of hydrogen-bond acceptors (Lipinski definition) is 5. The van der Waals surface area contributed by atoms with Crippen LogP contribution in [-0.4, -0.2) is 47.4 Å². The van der Waals surface area contributed by atoms with Crippen LogP contribution in [0.2, 0.25) is 0 Å². The molecule has 6 nitrogen and oxygen atoms in total. The van der Waals surface area contributed by atoms with E-state index in [2.05, 4.69) is 43.5 Å². The SMILES string of the molecule is CCCCC/C=C\C/C=C\CCCCCCCCCC(=O)OCCCCCCCCCCCCCCCCCCCCCCCCCCCCCCCCCCCCCC(=O)NC(CO)C(O)CCCCCCCCCCCCCCCCCCCCC. The van der Waals surface area contributed by atoms with Crippen molar-refractivity contribution in [2.24, 2.45) is 0 Å². The lowest BCUT2D eigenvalue weighted by atomic mass is 10.0. The number of unbranched alkanes of at least 4 members (excludes halogenated alkanes) is 62. The molecule has 2 unspecified atom stereocenters. The zero-order chi connectivity index (χ0) is 63.5. The minimum absolute atomic E-state index is 0.0158. The Hall–Kier alpha value is -1.66. The van der Waals surface area contributed by atoms with E-state index in [4.69, 9.17) is 4.74 Å². The molecule has 88 heavy (non-hydrogen) atoms. The van der Waals surface area contributed by atoms with Gasteiger partial charge < -0.3 is 20.3 Å². The van der Waals surface area contributed by atoms with Gasteiger partial charge in [-0.15, -0.1) is 0 Å². The number of allylic oxidation sites excluding steroid dienone is 4. The second kappa shape index (κ2) is 77.8. The van der Waals surface area contributed by atoms with Crippen molar-refractivity contribution < 1.29 is 24.5 Å². The molecule has 2 atom stereocenters. The van der Waals surface area contributed by atoms with Gasteiger partial charge >= 0.3 is 5.97 Å². The van der Waals surface area contributed by atoms with E-state index >= 15 is 0 Å². The van der Waals surface area contributed by atoms with E-state index in [1.807, 2.05) is 0 Å². The summed E-state index contributed by atoms with van der Waals surface area (Å²) in [6.07, 6.45) is 100.0. The Labute approximate surface area is 551 Å². The molecule has 0 heterocycles. The molecule has 0 aromatic rings. The quantitative estimate of drug-likeness (QED) is 0.0320. The van der Waals surface area contributed by atoms with E-state index in [1.165, 1.54) is 379 Å². The molecule has 0 bridgehead atoms. The number of aliphatic hydroxyl groups is 2. The molecule has 1 amide bonds. The summed E-state index contributed by atoms with van der Waals surface area (Å²) < 4.78 is 5.51. The summed E-state index contributed by atoms with van der Waals surface area (Å²) in [6, 6.07) is -0.538. The Morgan fingerprint density at radius 3 is 0.886 bits per heavy atom. The summed E-state index contributed by atoms with van der Waals surface area (Å²) in [4.78, 5) is 24.7. The van der Waals surface area contributed by atoms with Gasteiger partial charge in [-0.2, -0.15) is 0 Å². The molecule has 0 radical (unpaired) electrons. The Morgan fingerprint density at radius 1 is 0.318 bits per heavy atom. The maximum Gasteiger partial charge on any atom is 0.305 e. The van der Waals surface area contributed by atoms with Crippen LogP contribution in [0.5, 0.6) is 0 Å². The fraction of sp³-hybridized carbons (Fsp3) is 0.927. The van der Waals surface area contributed by atoms with Crippen molar-refractivity contribution >= 4 is 11.9 Å². The van der Waals surface area contributed by atoms with Crippen molar-refractivity contribution in [3.8, 4) is 0 Å². The molecule has 0 saturated heterocycles. The molecular weight excluding hydrogens is 1080 g/mol. The molecule has 0 aromatic carbocycles. The summed E-state index contributed by atoms with van der Waals surface area (Å²) in [5.74, 6) is -0.00884. The third kappa shape index (κ3) is 73.4. The third-order valence-corrected chi connectivity index (χ3v) is 19.3. The minimum atomic E-state index is -0.661. The van der Waals surface area contributed by atoms with Crippen LogP contribution < -0.4 is 5.32 Å². The van der Waals surface area contributed by atoms with Gasteiger partial charge in [0.25, 0.3) is 0 Å². The van der Waals surface area contributed by atoms with Gasteiger partial charge in [-0.05, 0) is 57.8 Å². The van der Waals surface area contributed by atoms with Crippen molar-refractivity contribution in [2.75, 3.05) is 13.2 Å². The predicted molar refractivity (Wildman–Crippen MR) is 389 cm³/mol. The van der Waals surface area contributed by atoms with E-state index in [0.29, 0.717) is 25.9 Å². The molecule has 0 saturated carbocycles. The lowest BCUT2D eigenvalue weighted by Crippen LogP contribution is -2.45. The van der Waals surface area contributed by atoms with Gasteiger partial charge in [0.05, 0.1) is 25.4 Å². The van der Waals surface area contributed by atoms with Crippen molar-refractivity contribution in [3.63, 3.8) is 0 Å². The predicted octanol–water partition coefficient (Wildman–Crippen LogP) is 26.8. The first kappa shape index (κ1) is 86.3.